The molecule has 6 heteroatoms. The van der Waals surface area contributed by atoms with Crippen LogP contribution in [0.25, 0.3) is 0 Å². The third-order valence-electron chi connectivity index (χ3n) is 3.19. The largest absolute Gasteiger partial charge is 0.493 e. The van der Waals surface area contributed by atoms with Gasteiger partial charge in [-0.2, -0.15) is 0 Å². The number of nitrogens with zero attached hydrogens (tertiary/aromatic N) is 1. The Kier molecular flexibility index (Phi) is 5.32. The molecule has 0 aliphatic rings. The molecule has 0 aliphatic heterocycles. The second-order valence-corrected chi connectivity index (χ2v) is 4.61. The van der Waals surface area contributed by atoms with Gasteiger partial charge in [0, 0.05) is 24.8 Å². The summed E-state index contributed by atoms with van der Waals surface area (Å²) in [4.78, 5) is 16.2. The number of rotatable bonds is 6. The van der Waals surface area contributed by atoms with Crippen molar-refractivity contribution in [1.82, 2.24) is 10.3 Å². The molecule has 6 nitrogen and oxygen atoms in total. The molecule has 0 radical (unpaired) electrons. The molecule has 0 spiro atoms. The number of ether oxygens (including phenoxy) is 2. The Balaban J connectivity index is 2.04. The lowest BCUT2D eigenvalue weighted by atomic mass is 10.1. The van der Waals surface area contributed by atoms with Crippen LogP contribution < -0.4 is 20.5 Å². The number of carbonyl (C=O) groups excluding carboxylic acids is 1. The van der Waals surface area contributed by atoms with E-state index >= 15 is 0 Å². The lowest BCUT2D eigenvalue weighted by Crippen LogP contribution is -2.23. The summed E-state index contributed by atoms with van der Waals surface area (Å²) in [5.74, 6) is 1.11. The van der Waals surface area contributed by atoms with Gasteiger partial charge in [-0.15, -0.1) is 0 Å². The first-order valence-corrected chi connectivity index (χ1v) is 6.82. The van der Waals surface area contributed by atoms with Crippen LogP contribution in [0.2, 0.25) is 0 Å². The van der Waals surface area contributed by atoms with E-state index in [0.29, 0.717) is 35.8 Å². The van der Waals surface area contributed by atoms with Gasteiger partial charge in [-0.25, -0.2) is 0 Å². The molecule has 0 aliphatic carbocycles. The van der Waals surface area contributed by atoms with Crippen molar-refractivity contribution in [2.75, 3.05) is 14.2 Å². The highest BCUT2D eigenvalue weighted by molar-refractivity contribution is 5.94. The van der Waals surface area contributed by atoms with Crippen molar-refractivity contribution >= 4 is 5.91 Å². The molecule has 1 aromatic carbocycles. The molecule has 0 saturated heterocycles. The van der Waals surface area contributed by atoms with Crippen LogP contribution in [0.1, 0.15) is 21.6 Å². The van der Waals surface area contributed by atoms with Crippen molar-refractivity contribution in [2.24, 2.45) is 5.73 Å². The fourth-order valence-corrected chi connectivity index (χ4v) is 2.01. The first-order valence-electron chi connectivity index (χ1n) is 6.82. The summed E-state index contributed by atoms with van der Waals surface area (Å²) in [6.07, 6.45) is 1.58. The average molecular weight is 301 g/mol. The predicted octanol–water partition coefficient (Wildman–Crippen LogP) is 1.49. The second-order valence-electron chi connectivity index (χ2n) is 4.61. The van der Waals surface area contributed by atoms with Crippen LogP contribution in [0.4, 0.5) is 0 Å². The van der Waals surface area contributed by atoms with Gasteiger partial charge in [0.2, 0.25) is 0 Å². The van der Waals surface area contributed by atoms with Crippen molar-refractivity contribution in [3.8, 4) is 11.5 Å². The van der Waals surface area contributed by atoms with Crippen LogP contribution >= 0.6 is 0 Å². The monoisotopic (exact) mass is 301 g/mol. The highest BCUT2D eigenvalue weighted by atomic mass is 16.5. The van der Waals surface area contributed by atoms with E-state index in [9.17, 15) is 4.79 Å². The summed E-state index contributed by atoms with van der Waals surface area (Å²) in [5.41, 5.74) is 7.66. The Hall–Kier alpha value is -2.60. The van der Waals surface area contributed by atoms with Crippen molar-refractivity contribution in [2.45, 2.75) is 13.1 Å². The van der Waals surface area contributed by atoms with Crippen LogP contribution in [0, 0.1) is 0 Å². The Morgan fingerprint density at radius 2 is 1.95 bits per heavy atom. The maximum absolute atomic E-state index is 12.1. The quantitative estimate of drug-likeness (QED) is 0.844. The van der Waals surface area contributed by atoms with Gasteiger partial charge in [0.25, 0.3) is 5.91 Å². The zero-order valence-corrected chi connectivity index (χ0v) is 12.6. The molecule has 0 atom stereocenters. The number of hydrogen-bond donors (Lipinski definition) is 2. The minimum absolute atomic E-state index is 0.174. The Morgan fingerprint density at radius 3 is 2.64 bits per heavy atom. The number of aromatic nitrogens is 1. The molecular formula is C16H19N3O3. The van der Waals surface area contributed by atoms with Crippen LogP contribution in [0.5, 0.6) is 11.5 Å². The van der Waals surface area contributed by atoms with Gasteiger partial charge >= 0.3 is 0 Å². The Bertz CT molecular complexity index is 659. The molecular weight excluding hydrogens is 282 g/mol. The van der Waals surface area contributed by atoms with Crippen molar-refractivity contribution in [1.29, 1.82) is 0 Å². The first-order chi connectivity index (χ1) is 10.7. The zero-order chi connectivity index (χ0) is 15.9. The third-order valence-corrected chi connectivity index (χ3v) is 3.19. The van der Waals surface area contributed by atoms with Crippen molar-refractivity contribution in [3.63, 3.8) is 0 Å². The summed E-state index contributed by atoms with van der Waals surface area (Å²) in [5, 5.41) is 2.85. The van der Waals surface area contributed by atoms with E-state index in [0.717, 1.165) is 5.56 Å². The van der Waals surface area contributed by atoms with Crippen LogP contribution in [-0.2, 0) is 13.1 Å². The highest BCUT2D eigenvalue weighted by Gasteiger charge is 2.08. The lowest BCUT2D eigenvalue weighted by Gasteiger charge is -2.10. The molecule has 0 saturated carbocycles. The molecule has 1 aromatic heterocycles. The second kappa shape index (κ2) is 7.42. The first kappa shape index (κ1) is 15.8. The minimum atomic E-state index is -0.174. The van der Waals surface area contributed by atoms with Crippen LogP contribution in [-0.4, -0.2) is 25.1 Å². The summed E-state index contributed by atoms with van der Waals surface area (Å²) in [6.45, 7) is 0.691. The standard InChI is InChI=1S/C16H19N3O3/c1-21-14-4-3-11(7-15(14)22-2)10-19-16(20)12-5-6-18-13(8-12)9-17/h3-8H,9-10,17H2,1-2H3,(H,19,20). The average Bonchev–Trinajstić information content (AvgIpc) is 2.59. The number of nitrogens with one attached hydrogen (secondary N) is 1. The SMILES string of the molecule is COc1ccc(CNC(=O)c2ccnc(CN)c2)cc1OC. The van der Waals surface area contributed by atoms with Gasteiger partial charge in [0.05, 0.1) is 19.9 Å². The van der Waals surface area contributed by atoms with E-state index in [4.69, 9.17) is 15.2 Å². The maximum Gasteiger partial charge on any atom is 0.251 e. The topological polar surface area (TPSA) is 86.5 Å². The van der Waals surface area contributed by atoms with Gasteiger partial charge < -0.3 is 20.5 Å². The number of methoxy groups -OCH3 is 2. The molecule has 0 bridgehead atoms. The summed E-state index contributed by atoms with van der Waals surface area (Å²) in [7, 11) is 3.16. The molecule has 3 N–H and O–H groups in total. The molecule has 1 heterocycles. The van der Waals surface area contributed by atoms with E-state index in [2.05, 4.69) is 10.3 Å². The minimum Gasteiger partial charge on any atom is -0.493 e. The molecule has 2 aromatic rings. The Labute approximate surface area is 129 Å². The smallest absolute Gasteiger partial charge is 0.251 e. The van der Waals surface area contributed by atoms with Gasteiger partial charge in [-0.1, -0.05) is 6.07 Å². The van der Waals surface area contributed by atoms with Crippen LogP contribution in [0.3, 0.4) is 0 Å². The molecule has 1 amide bonds. The summed E-state index contributed by atoms with van der Waals surface area (Å²) in [6, 6.07) is 8.85. The molecule has 2 rings (SSSR count). The summed E-state index contributed by atoms with van der Waals surface area (Å²) < 4.78 is 10.4. The normalized spacial score (nSPS) is 10.1. The van der Waals surface area contributed by atoms with Crippen LogP contribution in [0.15, 0.2) is 36.5 Å². The van der Waals surface area contributed by atoms with Gasteiger partial charge in [0.15, 0.2) is 11.5 Å². The molecule has 22 heavy (non-hydrogen) atoms. The number of nitrogens with two attached hydrogens (primary N) is 1. The maximum atomic E-state index is 12.1. The van der Waals surface area contributed by atoms with Gasteiger partial charge in [0.1, 0.15) is 0 Å². The lowest BCUT2D eigenvalue weighted by molar-refractivity contribution is 0.0950. The number of pyridine rings is 1. The number of carbonyl (C=O) groups is 1. The zero-order valence-electron chi connectivity index (χ0n) is 12.6. The molecule has 0 fully saturated rings. The van der Waals surface area contributed by atoms with E-state index < -0.39 is 0 Å². The van der Waals surface area contributed by atoms with E-state index in [-0.39, 0.29) is 5.91 Å². The highest BCUT2D eigenvalue weighted by Crippen LogP contribution is 2.27. The fourth-order valence-electron chi connectivity index (χ4n) is 2.01. The van der Waals surface area contributed by atoms with E-state index in [1.807, 2.05) is 12.1 Å². The number of amides is 1. The van der Waals surface area contributed by atoms with E-state index in [1.54, 1.807) is 38.6 Å². The number of hydrogen-bond acceptors (Lipinski definition) is 5. The Morgan fingerprint density at radius 1 is 1.18 bits per heavy atom. The molecule has 116 valence electrons. The van der Waals surface area contributed by atoms with Crippen molar-refractivity contribution in [3.05, 3.63) is 53.3 Å². The van der Waals surface area contributed by atoms with Gasteiger partial charge in [-0.3, -0.25) is 9.78 Å². The van der Waals surface area contributed by atoms with E-state index in [1.165, 1.54) is 0 Å². The van der Waals surface area contributed by atoms with Gasteiger partial charge in [-0.05, 0) is 29.8 Å². The van der Waals surface area contributed by atoms with Crippen molar-refractivity contribution < 1.29 is 14.3 Å². The summed E-state index contributed by atoms with van der Waals surface area (Å²) >= 11 is 0. The third kappa shape index (κ3) is 3.73. The predicted molar refractivity (Wildman–Crippen MR) is 82.8 cm³/mol. The fraction of sp³-hybridized carbons (Fsp3) is 0.250. The number of benzene rings is 1. The molecule has 0 unspecified atom stereocenters.